The van der Waals surface area contributed by atoms with Gasteiger partial charge in [0.25, 0.3) is 5.56 Å². The Morgan fingerprint density at radius 1 is 1.00 bits per heavy atom. The lowest BCUT2D eigenvalue weighted by Crippen LogP contribution is -2.40. The second-order valence-electron chi connectivity index (χ2n) is 9.66. The third-order valence-corrected chi connectivity index (χ3v) is 8.33. The van der Waals surface area contributed by atoms with Gasteiger partial charge in [-0.25, -0.2) is 14.6 Å². The first kappa shape index (κ1) is 34.7. The molecule has 12 nitrogen and oxygen atoms in total. The summed E-state index contributed by atoms with van der Waals surface area (Å²) >= 11 is 3.21. The lowest BCUT2D eigenvalue weighted by Gasteiger charge is -2.25. The van der Waals surface area contributed by atoms with E-state index in [9.17, 15) is 19.2 Å². The number of hydrogen-bond donors (Lipinski definition) is 0. The predicted molar refractivity (Wildman–Crippen MR) is 177 cm³/mol. The Kier molecular flexibility index (Phi) is 11.6. The summed E-state index contributed by atoms with van der Waals surface area (Å²) in [5.41, 5.74) is 1.39. The van der Waals surface area contributed by atoms with Crippen LogP contribution in [0.5, 0.6) is 23.0 Å². The van der Waals surface area contributed by atoms with Crippen molar-refractivity contribution in [2.24, 2.45) is 4.99 Å². The first-order valence-electron chi connectivity index (χ1n) is 14.3. The smallest absolute Gasteiger partial charge is 0.343 e. The average Bonchev–Trinajstić information content (AvgIpc) is 3.31. The van der Waals surface area contributed by atoms with Crippen molar-refractivity contribution < 1.29 is 42.8 Å². The molecule has 0 N–H and O–H groups in total. The summed E-state index contributed by atoms with van der Waals surface area (Å²) in [6.45, 7) is 8.73. The topological polar surface area (TPSA) is 141 Å². The molecule has 0 bridgehead atoms. The molecule has 4 rings (SSSR count). The second-order valence-corrected chi connectivity index (χ2v) is 11.8. The summed E-state index contributed by atoms with van der Waals surface area (Å²) in [6, 6.07) is 7.53. The van der Waals surface area contributed by atoms with Crippen molar-refractivity contribution in [1.82, 2.24) is 4.57 Å². The molecule has 0 fully saturated rings. The maximum absolute atomic E-state index is 14.1. The summed E-state index contributed by atoms with van der Waals surface area (Å²) < 4.78 is 35.0. The van der Waals surface area contributed by atoms with Crippen LogP contribution in [0.2, 0.25) is 0 Å². The molecule has 1 aromatic heterocycles. The molecule has 0 aliphatic carbocycles. The van der Waals surface area contributed by atoms with Crippen molar-refractivity contribution in [2.45, 2.75) is 40.7 Å². The lowest BCUT2D eigenvalue weighted by atomic mass is 9.95. The van der Waals surface area contributed by atoms with Gasteiger partial charge in [0.1, 0.15) is 0 Å². The molecule has 0 radical (unpaired) electrons. The number of nitrogens with zero attached hydrogens (tertiary/aromatic N) is 2. The van der Waals surface area contributed by atoms with Gasteiger partial charge in [-0.3, -0.25) is 14.2 Å². The maximum atomic E-state index is 14.1. The molecule has 1 aliphatic heterocycles. The predicted octanol–water partition coefficient (Wildman–Crippen LogP) is 3.68. The van der Waals surface area contributed by atoms with E-state index >= 15 is 0 Å². The number of esters is 3. The minimum Gasteiger partial charge on any atom is -0.490 e. The number of carbonyl (C=O) groups excluding carboxylic acids is 3. The Morgan fingerprint density at radius 3 is 2.37 bits per heavy atom. The Labute approximate surface area is 282 Å². The van der Waals surface area contributed by atoms with E-state index in [1.54, 1.807) is 57.2 Å². The van der Waals surface area contributed by atoms with E-state index in [4.69, 9.17) is 23.7 Å². The zero-order valence-corrected chi connectivity index (χ0v) is 29.1. The van der Waals surface area contributed by atoms with Gasteiger partial charge in [0.05, 0.1) is 52.3 Å². The number of allylic oxidation sites excluding steroid dienone is 1. The number of benzene rings is 2. The third kappa shape index (κ3) is 7.61. The highest BCUT2D eigenvalue weighted by Crippen LogP contribution is 2.37. The summed E-state index contributed by atoms with van der Waals surface area (Å²) in [6.07, 6.45) is 1.70. The highest BCUT2D eigenvalue weighted by atomic mass is 127. The number of ether oxygens (including phenoxy) is 6. The van der Waals surface area contributed by atoms with Crippen LogP contribution >= 0.6 is 33.9 Å². The molecular formula is C32H33IN2O10S. The zero-order valence-electron chi connectivity index (χ0n) is 26.1. The number of carbonyl (C=O) groups is 3. The van der Waals surface area contributed by atoms with Crippen LogP contribution in [0.1, 0.15) is 51.8 Å². The average molecular weight is 765 g/mol. The number of thiazole rings is 1. The quantitative estimate of drug-likeness (QED) is 0.153. The van der Waals surface area contributed by atoms with E-state index in [2.05, 4.69) is 9.73 Å². The molecule has 0 unspecified atom stereocenters. The largest absolute Gasteiger partial charge is 0.490 e. The normalized spacial score (nSPS) is 14.2. The Bertz CT molecular complexity index is 1880. The van der Waals surface area contributed by atoms with E-state index in [0.717, 1.165) is 11.3 Å². The van der Waals surface area contributed by atoms with Crippen LogP contribution in [0.4, 0.5) is 0 Å². The van der Waals surface area contributed by atoms with Gasteiger partial charge < -0.3 is 28.4 Å². The van der Waals surface area contributed by atoms with E-state index < -0.39 is 23.9 Å². The molecule has 2 heterocycles. The van der Waals surface area contributed by atoms with Crippen LogP contribution < -0.4 is 33.8 Å². The molecule has 0 saturated heterocycles. The van der Waals surface area contributed by atoms with Crippen molar-refractivity contribution in [3.05, 3.63) is 76.0 Å². The van der Waals surface area contributed by atoms with E-state index in [1.807, 2.05) is 29.5 Å². The second kappa shape index (κ2) is 15.4. The van der Waals surface area contributed by atoms with Gasteiger partial charge in [0, 0.05) is 6.92 Å². The van der Waals surface area contributed by atoms with Crippen molar-refractivity contribution in [1.29, 1.82) is 0 Å². The summed E-state index contributed by atoms with van der Waals surface area (Å²) in [7, 11) is 1.26. The van der Waals surface area contributed by atoms with E-state index in [-0.39, 0.29) is 24.3 Å². The zero-order chi connectivity index (χ0) is 33.5. The molecule has 244 valence electrons. The first-order chi connectivity index (χ1) is 22.0. The van der Waals surface area contributed by atoms with Crippen LogP contribution in [-0.2, 0) is 23.9 Å². The minimum atomic E-state index is -0.906. The van der Waals surface area contributed by atoms with E-state index in [0.29, 0.717) is 65.9 Å². The molecule has 1 atom stereocenters. The standard InChI is InChI=1S/C32H33IN2O10S/c1-7-41-23-15-20(10-11-22(23)44-16-26(37)40-6)28-27(31(39)43-9-3)17(4)34-32-35(28)30(38)25(46-32)14-19-12-21(33)29(45-18(5)36)24(13-19)42-8-2/h10-15,28H,7-9,16H2,1-6H3/b25-14+/t28-/m0/s1. The molecule has 14 heteroatoms. The number of halogens is 1. The Hall–Kier alpha value is -4.18. The fraction of sp³-hybridized carbons (Fsp3) is 0.344. The van der Waals surface area contributed by atoms with Gasteiger partial charge in [-0.2, -0.15) is 0 Å². The molecule has 0 spiro atoms. The molecule has 0 amide bonds. The molecule has 3 aromatic rings. The highest BCUT2D eigenvalue weighted by molar-refractivity contribution is 14.1. The van der Waals surface area contributed by atoms with Gasteiger partial charge in [-0.05, 0) is 91.8 Å². The van der Waals surface area contributed by atoms with Crippen LogP contribution in [-0.4, -0.2) is 56.0 Å². The Balaban J connectivity index is 1.90. The van der Waals surface area contributed by atoms with Crippen molar-refractivity contribution >= 4 is 57.9 Å². The van der Waals surface area contributed by atoms with E-state index in [1.165, 1.54) is 18.6 Å². The number of fused-ring (bicyclic) bond motifs is 1. The molecule has 1 aliphatic rings. The van der Waals surface area contributed by atoms with Gasteiger partial charge >= 0.3 is 17.9 Å². The van der Waals surface area contributed by atoms with Crippen molar-refractivity contribution in [3.63, 3.8) is 0 Å². The highest BCUT2D eigenvalue weighted by Gasteiger charge is 2.34. The minimum absolute atomic E-state index is 0.126. The number of rotatable bonds is 12. The van der Waals surface area contributed by atoms with Crippen molar-refractivity contribution in [3.8, 4) is 23.0 Å². The fourth-order valence-corrected chi connectivity index (χ4v) is 6.50. The van der Waals surface area contributed by atoms with Crippen LogP contribution in [0.3, 0.4) is 0 Å². The number of methoxy groups -OCH3 is 1. The third-order valence-electron chi connectivity index (χ3n) is 6.55. The summed E-state index contributed by atoms with van der Waals surface area (Å²) in [5.74, 6) is -0.390. The molecule has 2 aromatic carbocycles. The number of aromatic nitrogens is 1. The SMILES string of the molecule is CCOC(=O)C1=C(C)N=c2s/c(=C/c3cc(I)c(OC(C)=O)c(OCC)c3)c(=O)n2[C@H]1c1ccc(OCC(=O)OC)c(OCC)c1. The van der Waals surface area contributed by atoms with Gasteiger partial charge in [-0.1, -0.05) is 17.4 Å². The van der Waals surface area contributed by atoms with Gasteiger partial charge in [-0.15, -0.1) is 0 Å². The van der Waals surface area contributed by atoms with Crippen LogP contribution in [0.25, 0.3) is 6.08 Å². The molecule has 46 heavy (non-hydrogen) atoms. The maximum Gasteiger partial charge on any atom is 0.343 e. The van der Waals surface area contributed by atoms with Gasteiger partial charge in [0.2, 0.25) is 0 Å². The lowest BCUT2D eigenvalue weighted by molar-refractivity contribution is -0.143. The summed E-state index contributed by atoms with van der Waals surface area (Å²) in [5, 5.41) is 0. The monoisotopic (exact) mass is 764 g/mol. The number of hydrogen-bond acceptors (Lipinski definition) is 12. The Morgan fingerprint density at radius 2 is 1.72 bits per heavy atom. The molecular weight excluding hydrogens is 731 g/mol. The fourth-order valence-electron chi connectivity index (χ4n) is 4.71. The summed E-state index contributed by atoms with van der Waals surface area (Å²) in [4.78, 5) is 55.8. The molecule has 0 saturated carbocycles. The van der Waals surface area contributed by atoms with Crippen LogP contribution in [0.15, 0.2) is 51.4 Å². The first-order valence-corrected chi connectivity index (χ1v) is 16.2. The van der Waals surface area contributed by atoms with Crippen LogP contribution in [0, 0.1) is 3.57 Å². The van der Waals surface area contributed by atoms with Crippen molar-refractivity contribution in [2.75, 3.05) is 33.5 Å². The van der Waals surface area contributed by atoms with Gasteiger partial charge in [0.15, 0.2) is 34.4 Å².